The molecule has 0 atom stereocenters. The fourth-order valence-corrected chi connectivity index (χ4v) is 5.57. The maximum atomic E-state index is 14.4. The van der Waals surface area contributed by atoms with Crippen molar-refractivity contribution in [3.8, 4) is 5.95 Å². The van der Waals surface area contributed by atoms with Crippen molar-refractivity contribution in [2.75, 3.05) is 76.4 Å². The van der Waals surface area contributed by atoms with E-state index in [2.05, 4.69) is 14.8 Å². The summed E-state index contributed by atoms with van der Waals surface area (Å²) in [6, 6.07) is 7.02. The maximum Gasteiger partial charge on any atom is 0.410 e. The first kappa shape index (κ1) is 31.8. The van der Waals surface area contributed by atoms with Crippen LogP contribution in [-0.4, -0.2) is 119 Å². The number of para-hydroxylation sites is 2. The molecule has 2 fully saturated rings. The maximum absolute atomic E-state index is 14.4. The van der Waals surface area contributed by atoms with E-state index in [0.29, 0.717) is 81.7 Å². The molecule has 2 aliphatic heterocycles. The lowest BCUT2D eigenvalue weighted by Gasteiger charge is -2.39. The Morgan fingerprint density at radius 3 is 2.34 bits per heavy atom. The third-order valence-electron chi connectivity index (χ3n) is 7.69. The zero-order valence-electron chi connectivity index (χ0n) is 26.2. The monoisotopic (exact) mass is 615 g/mol. The first-order valence-corrected chi connectivity index (χ1v) is 15.2. The van der Waals surface area contributed by atoms with E-state index in [0.717, 1.165) is 13.0 Å². The molecule has 2 aliphatic rings. The molecule has 0 bridgehead atoms. The molecule has 5 rings (SSSR count). The van der Waals surface area contributed by atoms with E-state index in [1.807, 2.05) is 39.8 Å². The number of rotatable bonds is 9. The van der Waals surface area contributed by atoms with Gasteiger partial charge in [-0.15, -0.1) is 0 Å². The topological polar surface area (TPSA) is 105 Å². The number of hydrogen-bond donors (Lipinski definition) is 0. The van der Waals surface area contributed by atoms with Crippen molar-refractivity contribution >= 4 is 29.0 Å². The SMILES string of the molecule is CN(C)CCCN(c1nc(N2CCOCC2)nc(-n2c(C(F)F)nc3ccccc32)n1)C1CCN(C(=O)OC(C)(C)C)CC1. The van der Waals surface area contributed by atoms with Crippen LogP contribution in [0, 0.1) is 0 Å². The zero-order valence-corrected chi connectivity index (χ0v) is 26.2. The number of fused-ring (bicyclic) bond motifs is 1. The highest BCUT2D eigenvalue weighted by Crippen LogP contribution is 2.30. The van der Waals surface area contributed by atoms with E-state index in [1.165, 1.54) is 4.57 Å². The van der Waals surface area contributed by atoms with E-state index >= 15 is 0 Å². The highest BCUT2D eigenvalue weighted by Gasteiger charge is 2.32. The number of carbonyl (C=O) groups is 1. The summed E-state index contributed by atoms with van der Waals surface area (Å²) in [5, 5.41) is 0. The summed E-state index contributed by atoms with van der Waals surface area (Å²) in [6.45, 7) is 10.3. The van der Waals surface area contributed by atoms with Gasteiger partial charge in [-0.1, -0.05) is 12.1 Å². The molecule has 2 saturated heterocycles. The van der Waals surface area contributed by atoms with Crippen molar-refractivity contribution in [2.45, 2.75) is 58.1 Å². The Morgan fingerprint density at radius 1 is 1.00 bits per heavy atom. The minimum Gasteiger partial charge on any atom is -0.444 e. The molecule has 3 aromatic rings. The smallest absolute Gasteiger partial charge is 0.410 e. The molecule has 12 nitrogen and oxygen atoms in total. The molecular weight excluding hydrogens is 572 g/mol. The Balaban J connectivity index is 1.54. The Kier molecular flexibility index (Phi) is 9.78. The largest absolute Gasteiger partial charge is 0.444 e. The van der Waals surface area contributed by atoms with E-state index in [1.54, 1.807) is 29.2 Å². The minimum atomic E-state index is -2.83. The summed E-state index contributed by atoms with van der Waals surface area (Å²) in [5.74, 6) is 0.518. The molecule has 0 unspecified atom stereocenters. The van der Waals surface area contributed by atoms with Crippen molar-refractivity contribution in [3.63, 3.8) is 0 Å². The molecule has 4 heterocycles. The number of imidazole rings is 1. The van der Waals surface area contributed by atoms with Gasteiger partial charge in [-0.05, 0) is 72.8 Å². The van der Waals surface area contributed by atoms with E-state index in [4.69, 9.17) is 24.4 Å². The van der Waals surface area contributed by atoms with Crippen LogP contribution in [0.4, 0.5) is 25.5 Å². The summed E-state index contributed by atoms with van der Waals surface area (Å²) >= 11 is 0. The van der Waals surface area contributed by atoms with Gasteiger partial charge in [0.25, 0.3) is 6.43 Å². The standard InChI is InChI=1S/C30H43F2N9O3/c1-30(2,3)44-29(42)39-15-11-21(12-16-39)40(14-8-13-37(4)5)27-34-26(38-17-19-43-20-18-38)35-28(36-27)41-23-10-7-6-9-22(23)33-25(41)24(31)32/h6-7,9-10,21,24H,8,11-20H2,1-5H3. The first-order valence-electron chi connectivity index (χ1n) is 15.2. The second-order valence-corrected chi connectivity index (χ2v) is 12.5. The van der Waals surface area contributed by atoms with Crippen LogP contribution in [0.25, 0.3) is 17.0 Å². The molecule has 1 amide bonds. The molecule has 0 saturated carbocycles. The van der Waals surface area contributed by atoms with E-state index in [-0.39, 0.29) is 18.1 Å². The lowest BCUT2D eigenvalue weighted by molar-refractivity contribution is 0.0204. The van der Waals surface area contributed by atoms with Crippen LogP contribution in [0.1, 0.15) is 52.3 Å². The number of alkyl halides is 2. The number of hydrogen-bond acceptors (Lipinski definition) is 10. The van der Waals surface area contributed by atoms with E-state index < -0.39 is 17.9 Å². The van der Waals surface area contributed by atoms with Gasteiger partial charge < -0.3 is 29.1 Å². The third-order valence-corrected chi connectivity index (χ3v) is 7.69. The summed E-state index contributed by atoms with van der Waals surface area (Å²) in [7, 11) is 4.05. The Morgan fingerprint density at radius 2 is 1.68 bits per heavy atom. The molecule has 2 aromatic heterocycles. The Bertz CT molecular complexity index is 1410. The van der Waals surface area contributed by atoms with Crippen LogP contribution in [0.2, 0.25) is 0 Å². The van der Waals surface area contributed by atoms with Crippen LogP contribution < -0.4 is 9.80 Å². The highest BCUT2D eigenvalue weighted by atomic mass is 19.3. The number of aromatic nitrogens is 5. The van der Waals surface area contributed by atoms with Crippen LogP contribution >= 0.6 is 0 Å². The van der Waals surface area contributed by atoms with Gasteiger partial charge >= 0.3 is 6.09 Å². The highest BCUT2D eigenvalue weighted by molar-refractivity contribution is 5.77. The van der Waals surface area contributed by atoms with Gasteiger partial charge in [0.2, 0.25) is 17.8 Å². The van der Waals surface area contributed by atoms with Gasteiger partial charge in [0.1, 0.15) is 5.60 Å². The molecule has 0 N–H and O–H groups in total. The molecule has 0 spiro atoms. The molecule has 0 aliphatic carbocycles. The molecule has 240 valence electrons. The van der Waals surface area contributed by atoms with Gasteiger partial charge in [-0.2, -0.15) is 15.0 Å². The van der Waals surface area contributed by atoms with Gasteiger partial charge in [0.05, 0.1) is 24.2 Å². The second kappa shape index (κ2) is 13.6. The Hall–Kier alpha value is -3.65. The number of benzene rings is 1. The van der Waals surface area contributed by atoms with Crippen molar-refractivity contribution in [1.82, 2.24) is 34.3 Å². The van der Waals surface area contributed by atoms with Crippen molar-refractivity contribution in [2.24, 2.45) is 0 Å². The number of carbonyl (C=O) groups excluding carboxylic acids is 1. The van der Waals surface area contributed by atoms with Crippen molar-refractivity contribution < 1.29 is 23.0 Å². The predicted octanol–water partition coefficient (Wildman–Crippen LogP) is 4.14. The lowest BCUT2D eigenvalue weighted by atomic mass is 10.0. The molecule has 14 heteroatoms. The molecular formula is C30H43F2N9O3. The fraction of sp³-hybridized carbons (Fsp3) is 0.633. The summed E-state index contributed by atoms with van der Waals surface area (Å²) in [4.78, 5) is 39.5. The lowest BCUT2D eigenvalue weighted by Crippen LogP contribution is -2.49. The van der Waals surface area contributed by atoms with Crippen LogP contribution in [-0.2, 0) is 9.47 Å². The summed E-state index contributed by atoms with van der Waals surface area (Å²) in [5.41, 5.74) is 0.366. The zero-order chi connectivity index (χ0) is 31.4. The molecule has 1 aromatic carbocycles. The number of amides is 1. The van der Waals surface area contributed by atoms with Gasteiger partial charge in [0.15, 0.2) is 5.82 Å². The number of likely N-dealkylation sites (tertiary alicyclic amines) is 1. The fourth-order valence-electron chi connectivity index (χ4n) is 5.57. The normalized spacial score (nSPS) is 16.8. The van der Waals surface area contributed by atoms with E-state index in [9.17, 15) is 13.6 Å². The average Bonchev–Trinajstić information content (AvgIpc) is 3.39. The number of nitrogens with zero attached hydrogens (tertiary/aromatic N) is 9. The average molecular weight is 616 g/mol. The number of piperidine rings is 1. The minimum absolute atomic E-state index is 0.0257. The number of anilines is 2. The summed E-state index contributed by atoms with van der Waals surface area (Å²) in [6.07, 6.45) is -0.943. The molecule has 0 radical (unpaired) electrons. The molecule has 44 heavy (non-hydrogen) atoms. The van der Waals surface area contributed by atoms with Crippen LogP contribution in [0.3, 0.4) is 0 Å². The van der Waals surface area contributed by atoms with Gasteiger partial charge in [-0.3, -0.25) is 4.57 Å². The van der Waals surface area contributed by atoms with Gasteiger partial charge in [-0.25, -0.2) is 18.6 Å². The third kappa shape index (κ3) is 7.52. The Labute approximate surface area is 257 Å². The number of halogens is 2. The van der Waals surface area contributed by atoms with Crippen LogP contribution in [0.15, 0.2) is 24.3 Å². The van der Waals surface area contributed by atoms with Crippen molar-refractivity contribution in [3.05, 3.63) is 30.1 Å². The van der Waals surface area contributed by atoms with Gasteiger partial charge in [0, 0.05) is 38.8 Å². The van der Waals surface area contributed by atoms with Crippen molar-refractivity contribution in [1.29, 1.82) is 0 Å². The summed E-state index contributed by atoms with van der Waals surface area (Å²) < 4.78 is 41.2. The first-order chi connectivity index (χ1) is 21.0. The quantitative estimate of drug-likeness (QED) is 0.349. The van der Waals surface area contributed by atoms with Crippen LogP contribution in [0.5, 0.6) is 0 Å². The number of morpholine rings is 1. The number of ether oxygens (including phenoxy) is 2. The second-order valence-electron chi connectivity index (χ2n) is 12.5. The predicted molar refractivity (Wildman–Crippen MR) is 164 cm³/mol.